The summed E-state index contributed by atoms with van der Waals surface area (Å²) in [7, 11) is 1.09. The van der Waals surface area contributed by atoms with Crippen molar-refractivity contribution in [3.63, 3.8) is 0 Å². The summed E-state index contributed by atoms with van der Waals surface area (Å²) in [5.74, 6) is -1.09. The summed E-state index contributed by atoms with van der Waals surface area (Å²) >= 11 is 0. The van der Waals surface area contributed by atoms with Gasteiger partial charge >= 0.3 is 11.9 Å². The van der Waals surface area contributed by atoms with Crippen LogP contribution < -0.4 is 0 Å². The van der Waals surface area contributed by atoms with Gasteiger partial charge in [-0.25, -0.2) is 4.68 Å². The molecule has 7 nitrogen and oxygen atoms in total. The molecule has 0 aliphatic carbocycles. The van der Waals surface area contributed by atoms with Crippen molar-refractivity contribution in [3.8, 4) is 0 Å². The number of hydrogen-bond donors (Lipinski definition) is 0. The fraction of sp³-hybridized carbons (Fsp3) is 0.667. The standard InChI is InChI=1S/C3H3F2N5O2/c1-9-2(6-7-8-9)3(4,5)10(11)12/h1H3. The molecule has 0 unspecified atom stereocenters. The molecule has 0 aliphatic rings. The monoisotopic (exact) mass is 179 g/mol. The van der Waals surface area contributed by atoms with Crippen LogP contribution in [0, 0.1) is 10.1 Å². The van der Waals surface area contributed by atoms with E-state index in [-0.39, 0.29) is 0 Å². The van der Waals surface area contributed by atoms with Gasteiger partial charge in [0, 0.05) is 7.05 Å². The van der Waals surface area contributed by atoms with Crippen LogP contribution in [0.3, 0.4) is 0 Å². The first-order chi connectivity index (χ1) is 5.46. The normalized spacial score (nSPS) is 11.6. The molecule has 66 valence electrons. The highest BCUT2D eigenvalue weighted by Gasteiger charge is 2.51. The van der Waals surface area contributed by atoms with Crippen LogP contribution in [-0.2, 0) is 13.1 Å². The Balaban J connectivity index is 3.13. The van der Waals surface area contributed by atoms with Gasteiger partial charge in [-0.2, -0.15) is 0 Å². The molecule has 1 heterocycles. The average molecular weight is 179 g/mol. The molecule has 0 radical (unpaired) electrons. The summed E-state index contributed by atoms with van der Waals surface area (Å²) in [5, 5.41) is 18.5. The fourth-order valence-corrected chi connectivity index (χ4v) is 0.566. The number of alkyl halides is 2. The quantitative estimate of drug-likeness (QED) is 0.348. The smallest absolute Gasteiger partial charge is 0.259 e. The molecule has 1 aromatic rings. The van der Waals surface area contributed by atoms with E-state index < -0.39 is 16.8 Å². The lowest BCUT2D eigenvalue weighted by Crippen LogP contribution is -2.28. The van der Waals surface area contributed by atoms with E-state index in [1.54, 1.807) is 0 Å². The third-order valence-corrected chi connectivity index (χ3v) is 1.12. The van der Waals surface area contributed by atoms with Crippen molar-refractivity contribution < 1.29 is 13.7 Å². The number of rotatable bonds is 2. The van der Waals surface area contributed by atoms with E-state index in [0.717, 1.165) is 7.05 Å². The van der Waals surface area contributed by atoms with Gasteiger partial charge in [0.05, 0.1) is 0 Å². The summed E-state index contributed by atoms with van der Waals surface area (Å²) in [6.45, 7) is 0. The van der Waals surface area contributed by atoms with Crippen LogP contribution in [0.15, 0.2) is 0 Å². The molecule has 12 heavy (non-hydrogen) atoms. The Morgan fingerprint density at radius 3 is 2.58 bits per heavy atom. The van der Waals surface area contributed by atoms with Crippen molar-refractivity contribution in [3.05, 3.63) is 15.9 Å². The molecular formula is C3H3F2N5O2. The second-order valence-electron chi connectivity index (χ2n) is 1.92. The number of nitro groups is 1. The number of aromatic nitrogens is 4. The van der Waals surface area contributed by atoms with Crippen LogP contribution in [0.5, 0.6) is 0 Å². The summed E-state index contributed by atoms with van der Waals surface area (Å²) in [6.07, 6.45) is 0. The average Bonchev–Trinajstić information content (AvgIpc) is 2.35. The van der Waals surface area contributed by atoms with Crippen molar-refractivity contribution in [1.82, 2.24) is 20.2 Å². The zero-order chi connectivity index (χ0) is 9.35. The topological polar surface area (TPSA) is 86.7 Å². The lowest BCUT2D eigenvalue weighted by atomic mass is 10.5. The minimum absolute atomic E-state index is 0.544. The van der Waals surface area contributed by atoms with E-state index in [1.165, 1.54) is 0 Å². The maximum absolute atomic E-state index is 12.5. The Labute approximate surface area is 64.1 Å². The Kier molecular flexibility index (Phi) is 1.70. The van der Waals surface area contributed by atoms with Gasteiger partial charge in [-0.15, -0.1) is 8.78 Å². The number of halogens is 2. The number of hydrogen-bond acceptors (Lipinski definition) is 5. The molecule has 0 aromatic carbocycles. The highest BCUT2D eigenvalue weighted by Crippen LogP contribution is 2.24. The van der Waals surface area contributed by atoms with Crippen LogP contribution >= 0.6 is 0 Å². The summed E-state index contributed by atoms with van der Waals surface area (Å²) in [5.41, 5.74) is 0. The van der Waals surface area contributed by atoms with Crippen LogP contribution in [-0.4, -0.2) is 25.1 Å². The van der Waals surface area contributed by atoms with Crippen molar-refractivity contribution >= 4 is 0 Å². The molecular weight excluding hydrogens is 176 g/mol. The van der Waals surface area contributed by atoms with Crippen molar-refractivity contribution in [2.75, 3.05) is 0 Å². The Hall–Kier alpha value is -1.67. The van der Waals surface area contributed by atoms with E-state index in [2.05, 4.69) is 15.5 Å². The number of nitrogens with zero attached hydrogens (tertiary/aromatic N) is 5. The lowest BCUT2D eigenvalue weighted by Gasteiger charge is -2.02. The molecule has 0 bridgehead atoms. The second kappa shape index (κ2) is 2.43. The molecule has 1 rings (SSSR count). The minimum Gasteiger partial charge on any atom is -0.259 e. The Morgan fingerprint density at radius 1 is 1.67 bits per heavy atom. The minimum atomic E-state index is -4.24. The first-order valence-corrected chi connectivity index (χ1v) is 2.71. The third kappa shape index (κ3) is 1.08. The maximum Gasteiger partial charge on any atom is 0.576 e. The van der Waals surface area contributed by atoms with Crippen LogP contribution in [0.2, 0.25) is 0 Å². The van der Waals surface area contributed by atoms with Crippen molar-refractivity contribution in [2.24, 2.45) is 7.05 Å². The van der Waals surface area contributed by atoms with Gasteiger partial charge in [0.25, 0.3) is 0 Å². The molecule has 0 amide bonds. The third-order valence-electron chi connectivity index (χ3n) is 1.12. The van der Waals surface area contributed by atoms with Gasteiger partial charge in [-0.05, 0) is 10.4 Å². The first kappa shape index (κ1) is 8.43. The largest absolute Gasteiger partial charge is 0.576 e. The van der Waals surface area contributed by atoms with Crippen LogP contribution in [0.4, 0.5) is 8.78 Å². The summed E-state index contributed by atoms with van der Waals surface area (Å²) in [6, 6.07) is -4.24. The van der Waals surface area contributed by atoms with E-state index in [4.69, 9.17) is 0 Å². The molecule has 1 aromatic heterocycles. The molecule has 0 spiro atoms. The van der Waals surface area contributed by atoms with E-state index >= 15 is 0 Å². The molecule has 9 heteroatoms. The zero-order valence-corrected chi connectivity index (χ0v) is 5.81. The first-order valence-electron chi connectivity index (χ1n) is 2.71. The van der Waals surface area contributed by atoms with Crippen molar-refractivity contribution in [2.45, 2.75) is 6.05 Å². The molecule has 0 saturated heterocycles. The van der Waals surface area contributed by atoms with Crippen molar-refractivity contribution in [1.29, 1.82) is 0 Å². The van der Waals surface area contributed by atoms with Gasteiger partial charge < -0.3 is 0 Å². The van der Waals surface area contributed by atoms with Gasteiger partial charge in [-0.1, -0.05) is 5.10 Å². The van der Waals surface area contributed by atoms with Crippen LogP contribution in [0.25, 0.3) is 0 Å². The summed E-state index contributed by atoms with van der Waals surface area (Å²) in [4.78, 5) is 8.07. The lowest BCUT2D eigenvalue weighted by molar-refractivity contribution is -0.658. The Morgan fingerprint density at radius 2 is 2.25 bits per heavy atom. The number of tetrazole rings is 1. The highest BCUT2D eigenvalue weighted by molar-refractivity contribution is 4.85. The van der Waals surface area contributed by atoms with Gasteiger partial charge in [0.1, 0.15) is 4.92 Å². The molecule has 0 saturated carbocycles. The number of aryl methyl sites for hydroxylation is 1. The Bertz CT molecular complexity index is 309. The predicted octanol–water partition coefficient (Wildman–Crippen LogP) is -0.464. The zero-order valence-electron chi connectivity index (χ0n) is 5.81. The molecule has 0 fully saturated rings. The van der Waals surface area contributed by atoms with E-state index in [1.807, 2.05) is 0 Å². The van der Waals surface area contributed by atoms with Gasteiger partial charge in [0.2, 0.25) is 0 Å². The van der Waals surface area contributed by atoms with Gasteiger partial charge in [0.15, 0.2) is 0 Å². The van der Waals surface area contributed by atoms with E-state index in [0.29, 0.717) is 4.68 Å². The molecule has 0 N–H and O–H groups in total. The fourth-order valence-electron chi connectivity index (χ4n) is 0.566. The SMILES string of the molecule is Cn1nnnc1C(F)(F)[N+](=O)[O-]. The maximum atomic E-state index is 12.5. The summed E-state index contributed by atoms with van der Waals surface area (Å²) < 4.78 is 25.6. The van der Waals surface area contributed by atoms with Gasteiger partial charge in [-0.3, -0.25) is 10.1 Å². The second-order valence-corrected chi connectivity index (χ2v) is 1.92. The van der Waals surface area contributed by atoms with E-state index in [9.17, 15) is 18.9 Å². The molecule has 0 aliphatic heterocycles. The predicted molar refractivity (Wildman–Crippen MR) is 29.7 cm³/mol. The van der Waals surface area contributed by atoms with Crippen LogP contribution in [0.1, 0.15) is 5.82 Å². The highest BCUT2D eigenvalue weighted by atomic mass is 19.3. The molecule has 0 atom stereocenters.